The summed E-state index contributed by atoms with van der Waals surface area (Å²) in [6.07, 6.45) is 7.29. The van der Waals surface area contributed by atoms with Crippen molar-refractivity contribution in [1.82, 2.24) is 4.14 Å². The molecule has 0 saturated heterocycles. The monoisotopic (exact) mass is 1080 g/mol. The summed E-state index contributed by atoms with van der Waals surface area (Å²) >= 11 is -0.826. The normalized spacial score (nSPS) is 11.4. The summed E-state index contributed by atoms with van der Waals surface area (Å²) in [4.78, 5) is 0. The quantitative estimate of drug-likeness (QED) is 0.0871. The maximum absolute atomic E-state index is 5.98. The second kappa shape index (κ2) is 25.4. The van der Waals surface area contributed by atoms with Gasteiger partial charge in [-0.3, -0.25) is 0 Å². The summed E-state index contributed by atoms with van der Waals surface area (Å²) in [7, 11) is 13.4. The Morgan fingerprint density at radius 1 is 0.408 bits per heavy atom. The van der Waals surface area contributed by atoms with Crippen molar-refractivity contribution >= 4 is 84.6 Å². The Kier molecular flexibility index (Phi) is 19.4. The number of hydrogen-bond donors (Lipinski definition) is 0. The van der Waals surface area contributed by atoms with Crippen molar-refractivity contribution in [1.29, 1.82) is 0 Å². The van der Waals surface area contributed by atoms with Crippen molar-refractivity contribution in [2.75, 3.05) is 0 Å². The summed E-state index contributed by atoms with van der Waals surface area (Å²) in [5, 5.41) is 10.6. The first-order valence-corrected chi connectivity index (χ1v) is 38.5. The van der Waals surface area contributed by atoms with E-state index in [9.17, 15) is 0 Å². The van der Waals surface area contributed by atoms with Gasteiger partial charge < -0.3 is 4.14 Å². The van der Waals surface area contributed by atoms with E-state index in [2.05, 4.69) is 251 Å². The van der Waals surface area contributed by atoms with Crippen LogP contribution in [0, 0.1) is 0 Å². The van der Waals surface area contributed by atoms with Gasteiger partial charge in [0.2, 0.25) is 0 Å². The zero-order chi connectivity index (χ0) is 50.5. The molecule has 0 aliphatic heterocycles. The van der Waals surface area contributed by atoms with E-state index >= 15 is 0 Å². The molecule has 0 unspecified atom stereocenters. The van der Waals surface area contributed by atoms with Gasteiger partial charge >= 0.3 is 37.9 Å². The Morgan fingerprint density at radius 3 is 1.01 bits per heavy atom. The molecule has 10 rings (SSSR count). The third kappa shape index (κ3) is 13.5. The third-order valence-corrected chi connectivity index (χ3v) is 20.2. The van der Waals surface area contributed by atoms with Crippen LogP contribution in [0.2, 0.25) is 39.3 Å². The number of halogens is 2. The maximum atomic E-state index is 5.98. The molecule has 1 nitrogen and oxygen atoms in total. The van der Waals surface area contributed by atoms with Gasteiger partial charge in [-0.2, -0.15) is 12.1 Å². The van der Waals surface area contributed by atoms with Crippen LogP contribution in [0.4, 0.5) is 0 Å². The summed E-state index contributed by atoms with van der Waals surface area (Å²) in [5.41, 5.74) is 13.4. The van der Waals surface area contributed by atoms with E-state index in [0.717, 1.165) is 12.8 Å². The molecule has 0 spiro atoms. The van der Waals surface area contributed by atoms with Crippen LogP contribution >= 0.6 is 17.0 Å². The number of rotatable bonds is 12. The van der Waals surface area contributed by atoms with Crippen molar-refractivity contribution in [3.63, 3.8) is 0 Å². The van der Waals surface area contributed by atoms with Gasteiger partial charge in [0.25, 0.3) is 0 Å². The fourth-order valence-electron chi connectivity index (χ4n) is 9.95. The van der Waals surface area contributed by atoms with Crippen molar-refractivity contribution < 1.29 is 20.8 Å². The van der Waals surface area contributed by atoms with Gasteiger partial charge in [0.05, 0.1) is 0 Å². The molecule has 0 fully saturated rings. The van der Waals surface area contributed by atoms with Gasteiger partial charge in [0.1, 0.15) is 16.5 Å². The molecule has 71 heavy (non-hydrogen) atoms. The zero-order valence-electron chi connectivity index (χ0n) is 43.0. The van der Waals surface area contributed by atoms with E-state index in [1.54, 1.807) is 0 Å². The molecule has 0 aliphatic rings. The van der Waals surface area contributed by atoms with E-state index in [1.165, 1.54) is 124 Å². The Bertz CT molecular complexity index is 3080. The number of hydrogen-bond acceptors (Lipinski definition) is 1. The third-order valence-electron chi connectivity index (χ3n) is 13.3. The molecule has 10 aromatic rings. The van der Waals surface area contributed by atoms with E-state index < -0.39 is 37.3 Å². The van der Waals surface area contributed by atoms with Crippen LogP contribution in [-0.4, -0.2) is 28.6 Å². The second-order valence-corrected chi connectivity index (χ2v) is 34.3. The average Bonchev–Trinajstić information content (AvgIpc) is 4.01. The molecule has 0 bridgehead atoms. The van der Waals surface area contributed by atoms with Gasteiger partial charge in [-0.25, -0.2) is 0 Å². The Hall–Kier alpha value is -4.58. The Balaban J connectivity index is 0.000000168. The predicted molar refractivity (Wildman–Crippen MR) is 319 cm³/mol. The van der Waals surface area contributed by atoms with E-state index in [-0.39, 0.29) is 0 Å². The molecule has 0 atom stereocenters. The van der Waals surface area contributed by atoms with Crippen LogP contribution in [0.25, 0.3) is 87.6 Å². The van der Waals surface area contributed by atoms with Crippen LogP contribution in [0.3, 0.4) is 0 Å². The predicted octanol–water partition coefficient (Wildman–Crippen LogP) is 20.2. The van der Waals surface area contributed by atoms with Crippen molar-refractivity contribution in [3.05, 3.63) is 205 Å². The molecular formula is C64H68BCl2NSi2Zr. The first kappa shape index (κ1) is 54.2. The average molecular weight is 1080 g/mol. The van der Waals surface area contributed by atoms with Crippen LogP contribution in [0.5, 0.6) is 0 Å². The minimum atomic E-state index is -1.22. The summed E-state index contributed by atoms with van der Waals surface area (Å²) in [6, 6.07) is 71.2. The summed E-state index contributed by atoms with van der Waals surface area (Å²) in [6.45, 7) is 18.2. The van der Waals surface area contributed by atoms with Crippen LogP contribution in [-0.2, 0) is 33.7 Å². The van der Waals surface area contributed by atoms with Gasteiger partial charge in [-0.1, -0.05) is 236 Å². The first-order chi connectivity index (χ1) is 34.3. The number of benzene rings is 8. The minimum absolute atomic E-state index is 0.826. The number of nitrogens with zero attached hydrogens (tertiary/aromatic N) is 1. The molecule has 2 radical (unpaired) electrons. The fourth-order valence-corrected chi connectivity index (χ4v) is 18.0. The molecule has 0 saturated carbocycles. The van der Waals surface area contributed by atoms with Crippen LogP contribution < -0.4 is 0 Å². The van der Waals surface area contributed by atoms with Crippen LogP contribution in [0.1, 0.15) is 50.7 Å². The van der Waals surface area contributed by atoms with Crippen molar-refractivity contribution in [3.8, 4) is 44.5 Å². The number of aryl methyl sites for hydroxylation is 2. The molecule has 0 amide bonds. The molecule has 0 aliphatic carbocycles. The van der Waals surface area contributed by atoms with Gasteiger partial charge in [0.15, 0.2) is 7.98 Å². The molecule has 0 heterocycles. The van der Waals surface area contributed by atoms with E-state index in [1.807, 2.05) is 0 Å². The first-order valence-electron chi connectivity index (χ1n) is 25.3. The molecule has 358 valence electrons. The molecule has 7 heteroatoms. The Labute approximate surface area is 447 Å². The van der Waals surface area contributed by atoms with Gasteiger partial charge in [-0.15, -0.1) is 69.1 Å². The standard InChI is InChI=1S/2C29H25.C6H18BNSi2.2ClH.Zr/c2*1-2-3-10-21-19-23-13-9-18-28(29(23)20-21)27-16-7-6-15-26(27)25-17-8-12-22-11-4-5-14-24(22)25;1-9(2,3)8(7)10(4,5)6;;;/h2*4-9,11-20H,2-3,10H2,1H3;1-6H3;2*1H;/q2*-1;;;;+4/p-2. The molecule has 0 N–H and O–H groups in total. The van der Waals surface area contributed by atoms with Gasteiger partial charge in [0, 0.05) is 0 Å². The number of unbranched alkanes of at least 4 members (excludes halogenated alkanes) is 2. The molecule has 0 aromatic heterocycles. The van der Waals surface area contributed by atoms with E-state index in [0.29, 0.717) is 0 Å². The summed E-state index contributed by atoms with van der Waals surface area (Å²) in [5.74, 6) is 0. The Morgan fingerprint density at radius 2 is 0.690 bits per heavy atom. The van der Waals surface area contributed by atoms with Gasteiger partial charge in [-0.05, 0) is 67.8 Å². The SMILES string of the molecule is CCCCc1cc2c(-c3ccccc3-c3cccc4ccccc34)cccc2[cH-]1.CCCCc1cc2c(-c3ccccc3-c3cccc4ccccc34)cccc2[cH-]1.[B]N([Si](C)(C)C)[Si](C)(C)C.[Cl][Zr+2][Cl]. The molecular weight excluding hydrogens is 1010 g/mol. The zero-order valence-corrected chi connectivity index (χ0v) is 49.0. The fraction of sp³-hybridized carbons (Fsp3) is 0.219. The van der Waals surface area contributed by atoms with Crippen molar-refractivity contribution in [2.24, 2.45) is 0 Å². The number of fused-ring (bicyclic) bond motifs is 4. The molecule has 10 aromatic carbocycles. The summed E-state index contributed by atoms with van der Waals surface area (Å²) < 4.78 is 2.15. The van der Waals surface area contributed by atoms with Crippen LogP contribution in [0.15, 0.2) is 194 Å². The second-order valence-electron chi connectivity index (χ2n) is 20.5. The van der Waals surface area contributed by atoms with E-state index in [4.69, 9.17) is 25.0 Å². The van der Waals surface area contributed by atoms with Crippen molar-refractivity contribution in [2.45, 2.75) is 91.7 Å². The topological polar surface area (TPSA) is 3.24 Å².